The number of fused-ring (bicyclic) bond motifs is 1. The third kappa shape index (κ3) is 3.08. The lowest BCUT2D eigenvalue weighted by Gasteiger charge is -1.99. The number of phenolic OH excluding ortho intramolecular Hbond substituents is 1. The number of aryl methyl sites for hydroxylation is 2. The molecular weight excluding hydrogens is 401 g/mol. The van der Waals surface area contributed by atoms with Gasteiger partial charge in [-0.15, -0.1) is 0 Å². The lowest BCUT2D eigenvalue weighted by Crippen LogP contribution is -1.85. The topological polar surface area (TPSA) is 72.7 Å². The lowest BCUT2D eigenvalue weighted by atomic mass is 10.1. The maximum absolute atomic E-state index is 9.59. The van der Waals surface area contributed by atoms with Gasteiger partial charge in [-0.25, -0.2) is 4.98 Å². The zero-order valence-corrected chi connectivity index (χ0v) is 14.8. The molecule has 3 aromatic rings. The molecule has 114 valence electrons. The molecule has 1 heterocycles. The third-order valence-corrected chi connectivity index (χ3v) is 4.62. The number of hydrogen-bond donors (Lipinski definition) is 2. The number of allylic oxidation sites excluding steroid dienone is 1. The molecule has 0 amide bonds. The summed E-state index contributed by atoms with van der Waals surface area (Å²) in [6.45, 7) is 4.09. The molecule has 0 radical (unpaired) electrons. The van der Waals surface area contributed by atoms with E-state index in [1.165, 1.54) is 11.1 Å². The fourth-order valence-corrected chi connectivity index (χ4v) is 2.87. The Morgan fingerprint density at radius 1 is 1.26 bits per heavy atom. The Kier molecular flexibility index (Phi) is 4.09. The van der Waals surface area contributed by atoms with Gasteiger partial charge in [-0.1, -0.05) is 6.07 Å². The van der Waals surface area contributed by atoms with Gasteiger partial charge in [-0.2, -0.15) is 5.26 Å². The second kappa shape index (κ2) is 6.05. The summed E-state index contributed by atoms with van der Waals surface area (Å²) in [6, 6.07) is 11.5. The predicted molar refractivity (Wildman–Crippen MR) is 99.9 cm³/mol. The summed E-state index contributed by atoms with van der Waals surface area (Å²) in [5.41, 5.74) is 5.43. The molecule has 0 saturated carbocycles. The minimum Gasteiger partial charge on any atom is -0.507 e. The molecular formula is C18H14IN3O. The fourth-order valence-electron chi connectivity index (χ4n) is 2.33. The van der Waals surface area contributed by atoms with Gasteiger partial charge in [0.2, 0.25) is 0 Å². The molecule has 4 nitrogen and oxygen atoms in total. The van der Waals surface area contributed by atoms with Gasteiger partial charge in [-0.05, 0) is 83.5 Å². The van der Waals surface area contributed by atoms with Gasteiger partial charge >= 0.3 is 0 Å². The third-order valence-electron chi connectivity index (χ3n) is 3.76. The van der Waals surface area contributed by atoms with Crippen molar-refractivity contribution < 1.29 is 5.11 Å². The van der Waals surface area contributed by atoms with E-state index in [2.05, 4.69) is 45.6 Å². The Labute approximate surface area is 147 Å². The molecule has 1 aromatic heterocycles. The largest absolute Gasteiger partial charge is 0.507 e. The van der Waals surface area contributed by atoms with Crippen molar-refractivity contribution in [2.45, 2.75) is 13.8 Å². The molecule has 0 aliphatic carbocycles. The summed E-state index contributed by atoms with van der Waals surface area (Å²) in [6.07, 6.45) is 1.76. The van der Waals surface area contributed by atoms with Crippen molar-refractivity contribution in [3.05, 3.63) is 56.4 Å². The number of aromatic nitrogens is 2. The molecule has 0 bridgehead atoms. The standard InChI is InChI=1S/C18H14IN3O/c1-10-5-15-16(6-11(10)2)22-18(21-15)13(9-20)7-12-3-4-17(23)14(19)8-12/h3-8,23H,1-2H3,(H,21,22)/b13-7+. The van der Waals surface area contributed by atoms with E-state index in [-0.39, 0.29) is 5.75 Å². The van der Waals surface area contributed by atoms with Crippen LogP contribution in [0.25, 0.3) is 22.7 Å². The smallest absolute Gasteiger partial charge is 0.149 e. The van der Waals surface area contributed by atoms with Crippen LogP contribution < -0.4 is 0 Å². The van der Waals surface area contributed by atoms with E-state index < -0.39 is 0 Å². The minimum atomic E-state index is 0.232. The highest BCUT2D eigenvalue weighted by Gasteiger charge is 2.09. The Hall–Kier alpha value is -2.33. The van der Waals surface area contributed by atoms with E-state index in [0.29, 0.717) is 11.4 Å². The van der Waals surface area contributed by atoms with Gasteiger partial charge in [0.1, 0.15) is 17.6 Å². The summed E-state index contributed by atoms with van der Waals surface area (Å²) in [4.78, 5) is 7.73. The number of nitrogens with one attached hydrogen (secondary N) is 1. The maximum atomic E-state index is 9.59. The highest BCUT2D eigenvalue weighted by Crippen LogP contribution is 2.25. The van der Waals surface area contributed by atoms with Gasteiger partial charge in [-0.3, -0.25) is 0 Å². The molecule has 0 aliphatic heterocycles. The quantitative estimate of drug-likeness (QED) is 0.476. The van der Waals surface area contributed by atoms with Crippen LogP contribution in [0.4, 0.5) is 0 Å². The van der Waals surface area contributed by atoms with Crippen LogP contribution in [0, 0.1) is 28.7 Å². The maximum Gasteiger partial charge on any atom is 0.149 e. The number of rotatable bonds is 2. The average molecular weight is 415 g/mol. The van der Waals surface area contributed by atoms with E-state index in [1.807, 2.05) is 25.1 Å². The first-order valence-corrected chi connectivity index (χ1v) is 8.13. The molecule has 2 aromatic carbocycles. The predicted octanol–water partition coefficient (Wildman–Crippen LogP) is 4.55. The van der Waals surface area contributed by atoms with Crippen LogP contribution in [0.3, 0.4) is 0 Å². The van der Waals surface area contributed by atoms with Crippen molar-refractivity contribution in [2.24, 2.45) is 0 Å². The van der Waals surface area contributed by atoms with Crippen molar-refractivity contribution in [1.29, 1.82) is 5.26 Å². The number of hydrogen-bond acceptors (Lipinski definition) is 3. The number of benzene rings is 2. The number of nitriles is 1. The summed E-state index contributed by atoms with van der Waals surface area (Å²) in [5.74, 6) is 0.784. The Bertz CT molecular complexity index is 941. The van der Waals surface area contributed by atoms with Gasteiger partial charge < -0.3 is 10.1 Å². The van der Waals surface area contributed by atoms with Crippen LogP contribution in [0.15, 0.2) is 30.3 Å². The van der Waals surface area contributed by atoms with Crippen molar-refractivity contribution in [1.82, 2.24) is 9.97 Å². The average Bonchev–Trinajstić information content (AvgIpc) is 2.91. The first-order valence-electron chi connectivity index (χ1n) is 7.05. The van der Waals surface area contributed by atoms with Gasteiger partial charge in [0.05, 0.1) is 20.2 Å². The molecule has 0 unspecified atom stereocenters. The van der Waals surface area contributed by atoms with Crippen molar-refractivity contribution in [3.8, 4) is 11.8 Å². The Balaban J connectivity index is 2.08. The van der Waals surface area contributed by atoms with Gasteiger partial charge in [0.15, 0.2) is 0 Å². The first-order chi connectivity index (χ1) is 11.0. The summed E-state index contributed by atoms with van der Waals surface area (Å²) < 4.78 is 0.740. The number of imidazole rings is 1. The van der Waals surface area contributed by atoms with Crippen LogP contribution in [0.5, 0.6) is 5.75 Å². The zero-order valence-electron chi connectivity index (χ0n) is 12.7. The molecule has 0 saturated heterocycles. The number of aromatic amines is 1. The zero-order chi connectivity index (χ0) is 16.6. The summed E-state index contributed by atoms with van der Waals surface area (Å²) in [7, 11) is 0. The van der Waals surface area contributed by atoms with Crippen molar-refractivity contribution >= 4 is 45.3 Å². The monoisotopic (exact) mass is 415 g/mol. The number of halogens is 1. The molecule has 0 spiro atoms. The minimum absolute atomic E-state index is 0.232. The van der Waals surface area contributed by atoms with Gasteiger partial charge in [0.25, 0.3) is 0 Å². The molecule has 2 N–H and O–H groups in total. The summed E-state index contributed by atoms with van der Waals surface area (Å²) >= 11 is 2.06. The molecule has 5 heteroatoms. The second-order valence-electron chi connectivity index (χ2n) is 5.42. The van der Waals surface area contributed by atoms with Crippen molar-refractivity contribution in [2.75, 3.05) is 0 Å². The summed E-state index contributed by atoms with van der Waals surface area (Å²) in [5, 5.41) is 19.1. The van der Waals surface area contributed by atoms with E-state index in [0.717, 1.165) is 20.2 Å². The normalized spacial score (nSPS) is 11.7. The van der Waals surface area contributed by atoms with Gasteiger partial charge in [0, 0.05) is 0 Å². The molecule has 0 aliphatic rings. The molecule has 23 heavy (non-hydrogen) atoms. The highest BCUT2D eigenvalue weighted by molar-refractivity contribution is 14.1. The Morgan fingerprint density at radius 2 is 2.00 bits per heavy atom. The Morgan fingerprint density at radius 3 is 2.70 bits per heavy atom. The molecule has 0 fully saturated rings. The first kappa shape index (κ1) is 15.6. The fraction of sp³-hybridized carbons (Fsp3) is 0.111. The van der Waals surface area contributed by atoms with E-state index in [4.69, 9.17) is 0 Å². The van der Waals surface area contributed by atoms with E-state index >= 15 is 0 Å². The SMILES string of the molecule is Cc1cc2nc(/C(C#N)=C/c3ccc(O)c(I)c3)[nH]c2cc1C. The van der Waals surface area contributed by atoms with E-state index in [9.17, 15) is 10.4 Å². The van der Waals surface area contributed by atoms with Crippen LogP contribution in [0.1, 0.15) is 22.5 Å². The molecule has 0 atom stereocenters. The van der Waals surface area contributed by atoms with Crippen molar-refractivity contribution in [3.63, 3.8) is 0 Å². The number of aromatic hydroxyl groups is 1. The number of phenols is 1. The highest BCUT2D eigenvalue weighted by atomic mass is 127. The second-order valence-corrected chi connectivity index (χ2v) is 6.58. The van der Waals surface area contributed by atoms with Crippen LogP contribution in [-0.4, -0.2) is 15.1 Å². The van der Waals surface area contributed by atoms with Crippen LogP contribution in [0.2, 0.25) is 0 Å². The van der Waals surface area contributed by atoms with E-state index in [1.54, 1.807) is 18.2 Å². The number of H-pyrrole nitrogens is 1. The van der Waals surface area contributed by atoms with Crippen LogP contribution >= 0.6 is 22.6 Å². The number of nitrogens with zero attached hydrogens (tertiary/aromatic N) is 2. The molecule has 3 rings (SSSR count). The lowest BCUT2D eigenvalue weighted by molar-refractivity contribution is 0.471. The van der Waals surface area contributed by atoms with Crippen LogP contribution in [-0.2, 0) is 0 Å².